The molecule has 0 aliphatic heterocycles. The van der Waals surface area contributed by atoms with Crippen molar-refractivity contribution in [1.82, 2.24) is 0 Å². The quantitative estimate of drug-likeness (QED) is 0.834. The van der Waals surface area contributed by atoms with Crippen molar-refractivity contribution in [2.45, 2.75) is 0 Å². The Labute approximate surface area is 86.6 Å². The number of carbonyl (C=O) groups is 1. The van der Waals surface area contributed by atoms with Gasteiger partial charge in [-0.25, -0.2) is 4.79 Å². The zero-order valence-corrected chi connectivity index (χ0v) is 8.12. The van der Waals surface area contributed by atoms with E-state index in [1.165, 1.54) is 6.07 Å². The first-order valence-electron chi connectivity index (χ1n) is 3.89. The standard InChI is InChI=1S/C10H9ClO3/c1-7(11)6-14-9-5-3-2-4-8(9)10(12)13/h2-5H,1,6H2,(H,12,13). The zero-order valence-electron chi connectivity index (χ0n) is 7.37. The van der Waals surface area contributed by atoms with E-state index in [4.69, 9.17) is 21.4 Å². The second-order valence-corrected chi connectivity index (χ2v) is 3.14. The summed E-state index contributed by atoms with van der Waals surface area (Å²) in [6.07, 6.45) is 0. The maximum Gasteiger partial charge on any atom is 0.339 e. The average Bonchev–Trinajstić information content (AvgIpc) is 2.15. The summed E-state index contributed by atoms with van der Waals surface area (Å²) in [6.45, 7) is 3.54. The van der Waals surface area contributed by atoms with Gasteiger partial charge < -0.3 is 9.84 Å². The summed E-state index contributed by atoms with van der Waals surface area (Å²) in [5.41, 5.74) is 0.116. The molecule has 0 saturated heterocycles. The van der Waals surface area contributed by atoms with E-state index in [0.29, 0.717) is 10.8 Å². The lowest BCUT2D eigenvalue weighted by atomic mass is 10.2. The SMILES string of the molecule is C=C(Cl)COc1ccccc1C(=O)O. The Morgan fingerprint density at radius 3 is 2.71 bits per heavy atom. The summed E-state index contributed by atoms with van der Waals surface area (Å²) in [6, 6.07) is 6.36. The minimum absolute atomic E-state index is 0.103. The van der Waals surface area contributed by atoms with E-state index >= 15 is 0 Å². The first kappa shape index (κ1) is 10.6. The molecule has 0 heterocycles. The summed E-state index contributed by atoms with van der Waals surface area (Å²) in [7, 11) is 0. The Morgan fingerprint density at radius 1 is 1.50 bits per heavy atom. The van der Waals surface area contributed by atoms with Crippen LogP contribution in [0.15, 0.2) is 35.9 Å². The number of halogens is 1. The van der Waals surface area contributed by atoms with Crippen molar-refractivity contribution < 1.29 is 14.6 Å². The van der Waals surface area contributed by atoms with Gasteiger partial charge in [0.2, 0.25) is 0 Å². The topological polar surface area (TPSA) is 46.5 Å². The van der Waals surface area contributed by atoms with Crippen LogP contribution in [0.1, 0.15) is 10.4 Å². The Bertz CT molecular complexity index is 360. The van der Waals surface area contributed by atoms with Crippen LogP contribution in [-0.4, -0.2) is 17.7 Å². The fraction of sp³-hybridized carbons (Fsp3) is 0.100. The van der Waals surface area contributed by atoms with E-state index in [2.05, 4.69) is 6.58 Å². The first-order valence-corrected chi connectivity index (χ1v) is 4.27. The summed E-state index contributed by atoms with van der Waals surface area (Å²) >= 11 is 5.49. The summed E-state index contributed by atoms with van der Waals surface area (Å²) in [5, 5.41) is 9.12. The lowest BCUT2D eigenvalue weighted by Crippen LogP contribution is -2.03. The van der Waals surface area contributed by atoms with Crippen LogP contribution in [0.5, 0.6) is 5.75 Å². The van der Waals surface area contributed by atoms with Gasteiger partial charge in [0.1, 0.15) is 17.9 Å². The molecule has 1 rings (SSSR count). The monoisotopic (exact) mass is 212 g/mol. The fourth-order valence-electron chi connectivity index (χ4n) is 0.925. The Morgan fingerprint density at radius 2 is 2.14 bits per heavy atom. The summed E-state index contributed by atoms with van der Waals surface area (Å²) in [5.74, 6) is -0.734. The van der Waals surface area contributed by atoms with Gasteiger partial charge in [0.25, 0.3) is 0 Å². The van der Waals surface area contributed by atoms with E-state index < -0.39 is 5.97 Å². The molecule has 0 aliphatic rings. The predicted molar refractivity (Wildman–Crippen MR) is 53.9 cm³/mol. The average molecular weight is 213 g/mol. The molecule has 74 valence electrons. The number of para-hydroxylation sites is 1. The minimum atomic E-state index is -1.03. The van der Waals surface area contributed by atoms with Crippen molar-refractivity contribution in [2.75, 3.05) is 6.61 Å². The Hall–Kier alpha value is -1.48. The van der Waals surface area contributed by atoms with Crippen LogP contribution in [0.25, 0.3) is 0 Å². The van der Waals surface area contributed by atoms with E-state index in [0.717, 1.165) is 0 Å². The lowest BCUT2D eigenvalue weighted by Gasteiger charge is -2.07. The number of aromatic carboxylic acids is 1. The molecule has 1 aromatic carbocycles. The van der Waals surface area contributed by atoms with Gasteiger partial charge in [-0.1, -0.05) is 30.3 Å². The Kier molecular flexibility index (Phi) is 3.54. The van der Waals surface area contributed by atoms with Crippen molar-refractivity contribution in [3.05, 3.63) is 41.4 Å². The maximum atomic E-state index is 10.7. The van der Waals surface area contributed by atoms with Gasteiger partial charge >= 0.3 is 5.97 Å². The summed E-state index contributed by atoms with van der Waals surface area (Å²) in [4.78, 5) is 10.7. The molecule has 0 fully saturated rings. The van der Waals surface area contributed by atoms with E-state index in [9.17, 15) is 4.79 Å². The third kappa shape index (κ3) is 2.78. The first-order chi connectivity index (χ1) is 6.61. The van der Waals surface area contributed by atoms with Crippen molar-refractivity contribution >= 4 is 17.6 Å². The molecule has 4 heteroatoms. The molecule has 1 N–H and O–H groups in total. The van der Waals surface area contributed by atoms with Gasteiger partial charge in [0.15, 0.2) is 0 Å². The van der Waals surface area contributed by atoms with Crippen molar-refractivity contribution in [3.8, 4) is 5.75 Å². The van der Waals surface area contributed by atoms with Crippen LogP contribution < -0.4 is 4.74 Å². The van der Waals surface area contributed by atoms with Crippen LogP contribution >= 0.6 is 11.6 Å². The van der Waals surface area contributed by atoms with Gasteiger partial charge in [-0.15, -0.1) is 0 Å². The zero-order chi connectivity index (χ0) is 10.6. The molecular weight excluding hydrogens is 204 g/mol. The third-order valence-electron chi connectivity index (χ3n) is 1.50. The molecule has 0 saturated carbocycles. The number of benzene rings is 1. The van der Waals surface area contributed by atoms with E-state index in [-0.39, 0.29) is 12.2 Å². The highest BCUT2D eigenvalue weighted by Gasteiger charge is 2.09. The molecule has 3 nitrogen and oxygen atoms in total. The van der Waals surface area contributed by atoms with Gasteiger partial charge in [0, 0.05) is 5.03 Å². The highest BCUT2D eigenvalue weighted by atomic mass is 35.5. The molecule has 0 spiro atoms. The fourth-order valence-corrected chi connectivity index (χ4v) is 0.980. The molecule has 0 atom stereocenters. The van der Waals surface area contributed by atoms with E-state index in [1.54, 1.807) is 18.2 Å². The molecule has 1 aromatic rings. The van der Waals surface area contributed by atoms with Gasteiger partial charge in [-0.2, -0.15) is 0 Å². The number of ether oxygens (including phenoxy) is 1. The van der Waals surface area contributed by atoms with Gasteiger partial charge in [0.05, 0.1) is 0 Å². The molecule has 0 unspecified atom stereocenters. The maximum absolute atomic E-state index is 10.7. The number of carboxylic acids is 1. The minimum Gasteiger partial charge on any atom is -0.487 e. The number of hydrogen-bond donors (Lipinski definition) is 1. The molecule has 0 bridgehead atoms. The van der Waals surface area contributed by atoms with Crippen molar-refractivity contribution in [2.24, 2.45) is 0 Å². The molecule has 0 aromatic heterocycles. The van der Waals surface area contributed by atoms with Crippen LogP contribution in [0.4, 0.5) is 0 Å². The number of hydrogen-bond acceptors (Lipinski definition) is 2. The largest absolute Gasteiger partial charge is 0.487 e. The molecule has 0 aliphatic carbocycles. The van der Waals surface area contributed by atoms with Gasteiger partial charge in [-0.3, -0.25) is 0 Å². The normalized spacial score (nSPS) is 9.50. The predicted octanol–water partition coefficient (Wildman–Crippen LogP) is 2.52. The molecular formula is C10H9ClO3. The van der Waals surface area contributed by atoms with Crippen LogP contribution in [0, 0.1) is 0 Å². The van der Waals surface area contributed by atoms with Crippen LogP contribution in [0.2, 0.25) is 0 Å². The molecule has 0 amide bonds. The second kappa shape index (κ2) is 4.67. The smallest absolute Gasteiger partial charge is 0.339 e. The molecule has 14 heavy (non-hydrogen) atoms. The highest BCUT2D eigenvalue weighted by molar-refractivity contribution is 6.29. The van der Waals surface area contributed by atoms with Crippen molar-refractivity contribution in [3.63, 3.8) is 0 Å². The number of rotatable bonds is 4. The number of carboxylic acid groups (broad SMARTS) is 1. The summed E-state index contributed by atoms with van der Waals surface area (Å²) < 4.78 is 5.15. The van der Waals surface area contributed by atoms with Crippen molar-refractivity contribution in [1.29, 1.82) is 0 Å². The highest BCUT2D eigenvalue weighted by Crippen LogP contribution is 2.18. The Balaban J connectivity index is 2.84. The van der Waals surface area contributed by atoms with Crippen LogP contribution in [0.3, 0.4) is 0 Å². The van der Waals surface area contributed by atoms with Crippen LogP contribution in [-0.2, 0) is 0 Å². The third-order valence-corrected chi connectivity index (χ3v) is 1.61. The molecule has 0 radical (unpaired) electrons. The van der Waals surface area contributed by atoms with Gasteiger partial charge in [-0.05, 0) is 12.1 Å². The lowest BCUT2D eigenvalue weighted by molar-refractivity contribution is 0.0693. The second-order valence-electron chi connectivity index (χ2n) is 2.61. The van der Waals surface area contributed by atoms with E-state index in [1.807, 2.05) is 0 Å².